The van der Waals surface area contributed by atoms with E-state index in [1.807, 2.05) is 0 Å². The summed E-state index contributed by atoms with van der Waals surface area (Å²) in [5.41, 5.74) is 0. The minimum absolute atomic E-state index is 0.135. The molecule has 0 aromatic heterocycles. The predicted molar refractivity (Wildman–Crippen MR) is 43.7 cm³/mol. The van der Waals surface area contributed by atoms with Crippen molar-refractivity contribution in [1.82, 2.24) is 5.32 Å². The Morgan fingerprint density at radius 1 is 1.00 bits per heavy atom. The van der Waals surface area contributed by atoms with Crippen molar-refractivity contribution in [3.05, 3.63) is 0 Å². The van der Waals surface area contributed by atoms with E-state index in [4.69, 9.17) is 9.47 Å². The van der Waals surface area contributed by atoms with E-state index < -0.39 is 0 Å². The summed E-state index contributed by atoms with van der Waals surface area (Å²) in [5.74, 6) is 0.704. The highest BCUT2D eigenvalue weighted by atomic mass is 16.7. The second-order valence-corrected chi connectivity index (χ2v) is 4.07. The molecule has 3 aliphatic rings. The molecule has 2 unspecified atom stereocenters. The topological polar surface area (TPSA) is 30.5 Å². The molecule has 2 saturated heterocycles. The molecule has 3 nitrogen and oxygen atoms in total. The summed E-state index contributed by atoms with van der Waals surface area (Å²) in [4.78, 5) is 0. The van der Waals surface area contributed by atoms with Gasteiger partial charge in [0, 0.05) is 19.0 Å². The molecule has 2 aliphatic heterocycles. The molecule has 0 aromatic carbocycles. The Morgan fingerprint density at radius 2 is 1.67 bits per heavy atom. The van der Waals surface area contributed by atoms with Gasteiger partial charge in [-0.2, -0.15) is 0 Å². The number of hydrogen-bond acceptors (Lipinski definition) is 3. The van der Waals surface area contributed by atoms with Gasteiger partial charge in [0.2, 0.25) is 0 Å². The second kappa shape index (κ2) is 2.69. The standard InChI is InChI=1S/C9H15NO2/c1-2-6(3-1)9-11-7-4-10-5-8(7)12-9/h6-10H,1-5H2. The van der Waals surface area contributed by atoms with Gasteiger partial charge >= 0.3 is 0 Å². The zero-order chi connectivity index (χ0) is 7.97. The van der Waals surface area contributed by atoms with Crippen LogP contribution >= 0.6 is 0 Å². The van der Waals surface area contributed by atoms with Gasteiger partial charge in [0.15, 0.2) is 6.29 Å². The molecule has 0 spiro atoms. The maximum absolute atomic E-state index is 5.80. The first kappa shape index (κ1) is 7.30. The average Bonchev–Trinajstić information content (AvgIpc) is 2.40. The van der Waals surface area contributed by atoms with Gasteiger partial charge in [0.05, 0.1) is 0 Å². The highest BCUT2D eigenvalue weighted by Crippen LogP contribution is 2.37. The molecule has 1 aliphatic carbocycles. The fraction of sp³-hybridized carbons (Fsp3) is 1.00. The summed E-state index contributed by atoms with van der Waals surface area (Å²) < 4.78 is 11.6. The van der Waals surface area contributed by atoms with Crippen LogP contribution in [0.25, 0.3) is 0 Å². The van der Waals surface area contributed by atoms with Crippen LogP contribution in [0.15, 0.2) is 0 Å². The largest absolute Gasteiger partial charge is 0.345 e. The van der Waals surface area contributed by atoms with Crippen molar-refractivity contribution >= 4 is 0 Å². The van der Waals surface area contributed by atoms with Crippen molar-refractivity contribution in [1.29, 1.82) is 0 Å². The Hall–Kier alpha value is -0.120. The van der Waals surface area contributed by atoms with Crippen molar-refractivity contribution in [2.75, 3.05) is 13.1 Å². The summed E-state index contributed by atoms with van der Waals surface area (Å²) in [6.45, 7) is 1.96. The van der Waals surface area contributed by atoms with Gasteiger partial charge in [-0.25, -0.2) is 0 Å². The van der Waals surface area contributed by atoms with Crippen molar-refractivity contribution in [2.45, 2.75) is 37.8 Å². The lowest BCUT2D eigenvalue weighted by Gasteiger charge is -2.30. The van der Waals surface area contributed by atoms with E-state index in [2.05, 4.69) is 5.32 Å². The molecule has 12 heavy (non-hydrogen) atoms. The Balaban J connectivity index is 1.63. The highest BCUT2D eigenvalue weighted by Gasteiger charge is 2.43. The predicted octanol–water partition coefficient (Wildman–Crippen LogP) is 0.500. The number of hydrogen-bond donors (Lipinski definition) is 1. The van der Waals surface area contributed by atoms with Crippen molar-refractivity contribution in [3.8, 4) is 0 Å². The van der Waals surface area contributed by atoms with E-state index in [9.17, 15) is 0 Å². The molecular weight excluding hydrogens is 154 g/mol. The van der Waals surface area contributed by atoms with Gasteiger partial charge < -0.3 is 14.8 Å². The smallest absolute Gasteiger partial charge is 0.161 e. The first-order valence-electron chi connectivity index (χ1n) is 4.95. The molecule has 0 aromatic rings. The third-order valence-corrected chi connectivity index (χ3v) is 3.26. The molecule has 0 bridgehead atoms. The van der Waals surface area contributed by atoms with Gasteiger partial charge in [-0.1, -0.05) is 6.42 Å². The van der Waals surface area contributed by atoms with Gasteiger partial charge in [-0.05, 0) is 12.8 Å². The summed E-state index contributed by atoms with van der Waals surface area (Å²) in [6.07, 6.45) is 4.79. The minimum atomic E-state index is 0.135. The van der Waals surface area contributed by atoms with E-state index in [0.717, 1.165) is 13.1 Å². The van der Waals surface area contributed by atoms with Gasteiger partial charge in [-0.3, -0.25) is 0 Å². The molecule has 1 saturated carbocycles. The molecule has 3 rings (SSSR count). The summed E-state index contributed by atoms with van der Waals surface area (Å²) >= 11 is 0. The SMILES string of the molecule is C1CC(C2OC3CNCC3O2)C1. The third-order valence-electron chi connectivity index (χ3n) is 3.26. The van der Waals surface area contributed by atoms with Crippen LogP contribution in [-0.4, -0.2) is 31.6 Å². The van der Waals surface area contributed by atoms with Crippen LogP contribution < -0.4 is 5.32 Å². The molecule has 68 valence electrons. The molecule has 3 heteroatoms. The molecule has 0 amide bonds. The second-order valence-electron chi connectivity index (χ2n) is 4.07. The van der Waals surface area contributed by atoms with E-state index in [1.54, 1.807) is 0 Å². The van der Waals surface area contributed by atoms with E-state index in [1.165, 1.54) is 19.3 Å². The van der Waals surface area contributed by atoms with Crippen molar-refractivity contribution < 1.29 is 9.47 Å². The lowest BCUT2D eigenvalue weighted by atomic mass is 9.85. The maximum Gasteiger partial charge on any atom is 0.161 e. The highest BCUT2D eigenvalue weighted by molar-refractivity contribution is 4.90. The van der Waals surface area contributed by atoms with Crippen LogP contribution in [0.3, 0.4) is 0 Å². The Bertz CT molecular complexity index is 169. The number of nitrogens with one attached hydrogen (secondary N) is 1. The number of fused-ring (bicyclic) bond motifs is 1. The summed E-state index contributed by atoms with van der Waals surface area (Å²) in [6, 6.07) is 0. The molecule has 2 atom stereocenters. The molecule has 0 radical (unpaired) electrons. The van der Waals surface area contributed by atoms with E-state index in [0.29, 0.717) is 18.1 Å². The summed E-state index contributed by atoms with van der Waals surface area (Å²) in [7, 11) is 0. The quantitative estimate of drug-likeness (QED) is 0.620. The fourth-order valence-electron chi connectivity index (χ4n) is 2.21. The minimum Gasteiger partial charge on any atom is -0.345 e. The zero-order valence-corrected chi connectivity index (χ0v) is 7.16. The van der Waals surface area contributed by atoms with Crippen LogP contribution in [0.4, 0.5) is 0 Å². The van der Waals surface area contributed by atoms with Crippen LogP contribution in [0.1, 0.15) is 19.3 Å². The Kier molecular flexibility index (Phi) is 1.63. The van der Waals surface area contributed by atoms with E-state index in [-0.39, 0.29) is 6.29 Å². The monoisotopic (exact) mass is 169 g/mol. The first-order chi connectivity index (χ1) is 5.93. The molecule has 1 N–H and O–H groups in total. The van der Waals surface area contributed by atoms with Gasteiger partial charge in [-0.15, -0.1) is 0 Å². The average molecular weight is 169 g/mol. The fourth-order valence-corrected chi connectivity index (χ4v) is 2.21. The first-order valence-corrected chi connectivity index (χ1v) is 4.95. The van der Waals surface area contributed by atoms with Crippen molar-refractivity contribution in [3.63, 3.8) is 0 Å². The van der Waals surface area contributed by atoms with Crippen LogP contribution in [-0.2, 0) is 9.47 Å². The maximum atomic E-state index is 5.80. The van der Waals surface area contributed by atoms with Crippen LogP contribution in [0.5, 0.6) is 0 Å². The lowest BCUT2D eigenvalue weighted by Crippen LogP contribution is -2.30. The number of rotatable bonds is 1. The lowest BCUT2D eigenvalue weighted by molar-refractivity contribution is -0.126. The van der Waals surface area contributed by atoms with Gasteiger partial charge in [0.25, 0.3) is 0 Å². The molecule has 2 heterocycles. The third kappa shape index (κ3) is 1.00. The van der Waals surface area contributed by atoms with Crippen molar-refractivity contribution in [2.24, 2.45) is 5.92 Å². The van der Waals surface area contributed by atoms with Crippen LogP contribution in [0.2, 0.25) is 0 Å². The Labute approximate surface area is 72.4 Å². The zero-order valence-electron chi connectivity index (χ0n) is 7.16. The number of ether oxygens (including phenoxy) is 2. The Morgan fingerprint density at radius 3 is 2.17 bits per heavy atom. The normalized spacial score (nSPS) is 47.5. The molecular formula is C9H15NO2. The van der Waals surface area contributed by atoms with Gasteiger partial charge in [0.1, 0.15) is 12.2 Å². The van der Waals surface area contributed by atoms with Crippen LogP contribution in [0, 0.1) is 5.92 Å². The van der Waals surface area contributed by atoms with E-state index >= 15 is 0 Å². The summed E-state index contributed by atoms with van der Waals surface area (Å²) in [5, 5.41) is 3.27. The molecule has 3 fully saturated rings.